The lowest BCUT2D eigenvalue weighted by molar-refractivity contribution is -0.111. The summed E-state index contributed by atoms with van der Waals surface area (Å²) in [6.45, 7) is 5.19. The Hall–Kier alpha value is -4.57. The quantitative estimate of drug-likeness (QED) is 0.278. The molecule has 2 aromatic carbocycles. The van der Waals surface area contributed by atoms with E-state index in [9.17, 15) is 4.79 Å². The maximum atomic E-state index is 12.2. The second kappa shape index (κ2) is 11.9. The molecule has 1 amide bonds. The Morgan fingerprint density at radius 2 is 1.85 bits per heavy atom. The van der Waals surface area contributed by atoms with Crippen molar-refractivity contribution in [1.29, 1.82) is 0 Å². The minimum Gasteiger partial charge on any atom is -0.494 e. The van der Waals surface area contributed by atoms with Crippen molar-refractivity contribution >= 4 is 45.5 Å². The van der Waals surface area contributed by atoms with Crippen molar-refractivity contribution in [1.82, 2.24) is 19.4 Å². The number of anilines is 5. The van der Waals surface area contributed by atoms with Gasteiger partial charge in [-0.05, 0) is 56.6 Å². The predicted molar refractivity (Wildman–Crippen MR) is 160 cm³/mol. The highest BCUT2D eigenvalue weighted by molar-refractivity contribution is 6.02. The summed E-state index contributed by atoms with van der Waals surface area (Å²) in [4.78, 5) is 27.7. The lowest BCUT2D eigenvalue weighted by Crippen LogP contribution is -2.29. The third-order valence-corrected chi connectivity index (χ3v) is 6.38. The molecule has 2 aromatic heterocycles. The molecule has 2 heterocycles. The fraction of sp³-hybridized carbons (Fsp3) is 0.276. The Kier molecular flexibility index (Phi) is 8.36. The van der Waals surface area contributed by atoms with Gasteiger partial charge in [-0.3, -0.25) is 4.79 Å². The van der Waals surface area contributed by atoms with Crippen LogP contribution in [0.1, 0.15) is 0 Å². The number of rotatable bonds is 11. The fourth-order valence-corrected chi connectivity index (χ4v) is 4.18. The molecule has 0 saturated heterocycles. The van der Waals surface area contributed by atoms with Gasteiger partial charge in [0.05, 0.1) is 29.7 Å². The van der Waals surface area contributed by atoms with Gasteiger partial charge in [0, 0.05) is 63.8 Å². The maximum absolute atomic E-state index is 12.2. The number of carbonyl (C=O) groups excluding carboxylic acids is 1. The number of nitrogens with one attached hydrogen (secondary N) is 2. The molecule has 0 saturated carbocycles. The summed E-state index contributed by atoms with van der Waals surface area (Å²) < 4.78 is 7.74. The molecule has 10 heteroatoms. The van der Waals surface area contributed by atoms with Gasteiger partial charge in [0.15, 0.2) is 0 Å². The summed E-state index contributed by atoms with van der Waals surface area (Å²) in [5, 5.41) is 7.31. The van der Waals surface area contributed by atoms with E-state index in [0.29, 0.717) is 23.1 Å². The number of fused-ring (bicyclic) bond motifs is 1. The summed E-state index contributed by atoms with van der Waals surface area (Å²) >= 11 is 0. The predicted octanol–water partition coefficient (Wildman–Crippen LogP) is 4.36. The average Bonchev–Trinajstić information content (AvgIpc) is 3.35. The average molecular weight is 529 g/mol. The zero-order chi connectivity index (χ0) is 28.1. The zero-order valence-corrected chi connectivity index (χ0v) is 23.4. The first kappa shape index (κ1) is 27.5. The summed E-state index contributed by atoms with van der Waals surface area (Å²) in [5.74, 6) is 1.41. The molecule has 204 valence electrons. The zero-order valence-electron chi connectivity index (χ0n) is 23.4. The van der Waals surface area contributed by atoms with E-state index in [1.165, 1.54) is 6.08 Å². The molecule has 0 aliphatic heterocycles. The van der Waals surface area contributed by atoms with Crippen LogP contribution in [0, 0.1) is 0 Å². The number of hydrogen-bond donors (Lipinski definition) is 2. The van der Waals surface area contributed by atoms with Crippen molar-refractivity contribution < 1.29 is 9.53 Å². The molecular formula is C29H36N8O2. The molecule has 4 aromatic rings. The molecule has 0 radical (unpaired) electrons. The van der Waals surface area contributed by atoms with E-state index in [4.69, 9.17) is 9.72 Å². The second-order valence-corrected chi connectivity index (χ2v) is 9.67. The maximum Gasteiger partial charge on any atom is 0.247 e. The Bertz CT molecular complexity index is 1480. The summed E-state index contributed by atoms with van der Waals surface area (Å²) in [7, 11) is 11.7. The van der Waals surface area contributed by atoms with Crippen molar-refractivity contribution in [3.05, 3.63) is 67.5 Å². The van der Waals surface area contributed by atoms with E-state index in [1.54, 1.807) is 13.3 Å². The van der Waals surface area contributed by atoms with Crippen LogP contribution in [0.15, 0.2) is 67.5 Å². The summed E-state index contributed by atoms with van der Waals surface area (Å²) in [5.41, 5.74) is 4.23. The van der Waals surface area contributed by atoms with E-state index < -0.39 is 0 Å². The van der Waals surface area contributed by atoms with Gasteiger partial charge in [-0.25, -0.2) is 4.98 Å². The van der Waals surface area contributed by atoms with Crippen LogP contribution in [0.5, 0.6) is 5.75 Å². The smallest absolute Gasteiger partial charge is 0.247 e. The standard InChI is InChI=1S/C29H36N8O2/c1-8-28(38)31-22-18-23(26(39-7)19-25(22)36(6)16-15-34(2)3)32-29-30-13-11-27(33-29)37-14-12-20-17-21(35(4)5)9-10-24(20)37/h8-14,17-19H,1,15-16H2,2-7H3,(H,31,38)(H,30,32,33). The highest BCUT2D eigenvalue weighted by atomic mass is 16.5. The van der Waals surface area contributed by atoms with Gasteiger partial charge in [-0.15, -0.1) is 0 Å². The van der Waals surface area contributed by atoms with Crippen molar-refractivity contribution in [2.45, 2.75) is 0 Å². The van der Waals surface area contributed by atoms with Gasteiger partial charge in [0.1, 0.15) is 11.6 Å². The van der Waals surface area contributed by atoms with Crippen LogP contribution >= 0.6 is 0 Å². The molecule has 0 bridgehead atoms. The third-order valence-electron chi connectivity index (χ3n) is 6.38. The first-order chi connectivity index (χ1) is 18.7. The molecule has 0 spiro atoms. The monoisotopic (exact) mass is 528 g/mol. The van der Waals surface area contributed by atoms with Crippen molar-refractivity contribution in [3.63, 3.8) is 0 Å². The van der Waals surface area contributed by atoms with Crippen LogP contribution in [0.2, 0.25) is 0 Å². The largest absolute Gasteiger partial charge is 0.494 e. The van der Waals surface area contributed by atoms with E-state index in [0.717, 1.165) is 41.2 Å². The number of carbonyl (C=O) groups is 1. The lowest BCUT2D eigenvalue weighted by atomic mass is 10.2. The van der Waals surface area contributed by atoms with Crippen LogP contribution in [0.25, 0.3) is 16.7 Å². The molecule has 0 atom stereocenters. The van der Waals surface area contributed by atoms with Crippen LogP contribution in [0.4, 0.5) is 28.7 Å². The van der Waals surface area contributed by atoms with Gasteiger partial charge < -0.3 is 34.6 Å². The molecule has 0 unspecified atom stereocenters. The molecule has 10 nitrogen and oxygen atoms in total. The van der Waals surface area contributed by atoms with E-state index in [1.807, 2.05) is 64.2 Å². The van der Waals surface area contributed by atoms with E-state index in [2.05, 4.69) is 61.2 Å². The highest BCUT2D eigenvalue weighted by Crippen LogP contribution is 2.38. The number of ether oxygens (including phenoxy) is 1. The van der Waals surface area contributed by atoms with Crippen LogP contribution in [-0.2, 0) is 4.79 Å². The Morgan fingerprint density at radius 1 is 1.05 bits per heavy atom. The Balaban J connectivity index is 1.68. The number of methoxy groups -OCH3 is 1. The number of likely N-dealkylation sites (N-methyl/N-ethyl adjacent to an activating group) is 2. The number of nitrogens with zero attached hydrogens (tertiary/aromatic N) is 6. The SMILES string of the molecule is C=CC(=O)Nc1cc(Nc2nccc(-n3ccc4cc(N(C)C)ccc43)n2)c(OC)cc1N(C)CCN(C)C. The first-order valence-electron chi connectivity index (χ1n) is 12.6. The Morgan fingerprint density at radius 3 is 2.54 bits per heavy atom. The van der Waals surface area contributed by atoms with Gasteiger partial charge in [0.25, 0.3) is 0 Å². The van der Waals surface area contributed by atoms with Gasteiger partial charge in [0.2, 0.25) is 11.9 Å². The van der Waals surface area contributed by atoms with Crippen LogP contribution in [-0.4, -0.2) is 80.8 Å². The second-order valence-electron chi connectivity index (χ2n) is 9.67. The topological polar surface area (TPSA) is 90.8 Å². The van der Waals surface area contributed by atoms with Crippen molar-refractivity contribution in [2.75, 3.05) is 75.9 Å². The molecule has 2 N–H and O–H groups in total. The normalized spacial score (nSPS) is 10.9. The van der Waals surface area contributed by atoms with E-state index >= 15 is 0 Å². The van der Waals surface area contributed by atoms with Crippen molar-refractivity contribution in [3.8, 4) is 11.6 Å². The third kappa shape index (κ3) is 6.29. The molecule has 0 aliphatic rings. The van der Waals surface area contributed by atoms with E-state index in [-0.39, 0.29) is 5.91 Å². The molecule has 4 rings (SSSR count). The number of hydrogen-bond acceptors (Lipinski definition) is 8. The molecular weight excluding hydrogens is 492 g/mol. The summed E-state index contributed by atoms with van der Waals surface area (Å²) in [6, 6.07) is 14.0. The number of amides is 1. The highest BCUT2D eigenvalue weighted by Gasteiger charge is 2.17. The molecule has 0 aliphatic carbocycles. The first-order valence-corrected chi connectivity index (χ1v) is 12.6. The van der Waals surface area contributed by atoms with Gasteiger partial charge in [-0.1, -0.05) is 6.58 Å². The molecule has 39 heavy (non-hydrogen) atoms. The van der Waals surface area contributed by atoms with Crippen molar-refractivity contribution in [2.24, 2.45) is 0 Å². The number of aromatic nitrogens is 3. The number of benzene rings is 2. The van der Waals surface area contributed by atoms with Gasteiger partial charge in [-0.2, -0.15) is 4.98 Å². The summed E-state index contributed by atoms with van der Waals surface area (Å²) in [6.07, 6.45) is 4.95. The Labute approximate surface area is 229 Å². The minimum absolute atomic E-state index is 0.302. The lowest BCUT2D eigenvalue weighted by Gasteiger charge is -2.26. The van der Waals surface area contributed by atoms with Crippen LogP contribution < -0.4 is 25.2 Å². The van der Waals surface area contributed by atoms with Crippen LogP contribution in [0.3, 0.4) is 0 Å². The fourth-order valence-electron chi connectivity index (χ4n) is 4.18. The minimum atomic E-state index is -0.302. The molecule has 0 fully saturated rings. The van der Waals surface area contributed by atoms with Gasteiger partial charge >= 0.3 is 0 Å².